The van der Waals surface area contributed by atoms with Gasteiger partial charge in [0.25, 0.3) is 0 Å². The van der Waals surface area contributed by atoms with Gasteiger partial charge in [0.2, 0.25) is 5.91 Å². The van der Waals surface area contributed by atoms with Crippen LogP contribution in [0.3, 0.4) is 0 Å². The average Bonchev–Trinajstić information content (AvgIpc) is 2.65. The number of nitrogens with one attached hydrogen (secondary N) is 1. The highest BCUT2D eigenvalue weighted by Gasteiger charge is 2.38. The number of amides is 1. The monoisotopic (exact) mass is 387 g/mol. The van der Waals surface area contributed by atoms with E-state index in [4.69, 9.17) is 0 Å². The van der Waals surface area contributed by atoms with E-state index in [1.54, 1.807) is 13.0 Å². The predicted octanol–water partition coefficient (Wildman–Crippen LogP) is 6.25. The van der Waals surface area contributed by atoms with E-state index >= 15 is 0 Å². The van der Waals surface area contributed by atoms with Crippen molar-refractivity contribution in [3.8, 4) is 0 Å². The molecule has 2 nitrogen and oxygen atoms in total. The zero-order chi connectivity index (χ0) is 20.4. The topological polar surface area (TPSA) is 29.1 Å². The Bertz CT molecular complexity index is 924. The highest BCUT2D eigenvalue weighted by Crippen LogP contribution is 2.41. The molecule has 0 heterocycles. The van der Waals surface area contributed by atoms with Gasteiger partial charge < -0.3 is 5.32 Å². The molecule has 0 fully saturated rings. The van der Waals surface area contributed by atoms with Gasteiger partial charge in [-0.1, -0.05) is 67.6 Å². The normalized spacial score (nSPS) is 20.7. The minimum absolute atomic E-state index is 0.0981. The van der Waals surface area contributed by atoms with Gasteiger partial charge in [0.15, 0.2) is 0 Å². The number of benzene rings is 2. The van der Waals surface area contributed by atoms with Crippen molar-refractivity contribution in [1.82, 2.24) is 5.32 Å². The van der Waals surface area contributed by atoms with Crippen LogP contribution in [0.1, 0.15) is 44.7 Å². The molecular formula is C23H24F3NO. The molecule has 1 aliphatic rings. The number of hydrogen-bond donors (Lipinski definition) is 1. The second kappa shape index (κ2) is 7.82. The van der Waals surface area contributed by atoms with Crippen molar-refractivity contribution in [3.63, 3.8) is 0 Å². The number of allylic oxidation sites excluding steroid dienone is 4. The predicted molar refractivity (Wildman–Crippen MR) is 106 cm³/mol. The third-order valence-corrected chi connectivity index (χ3v) is 5.34. The molecule has 1 aliphatic carbocycles. The molecule has 0 aliphatic heterocycles. The fourth-order valence-corrected chi connectivity index (χ4v) is 3.73. The minimum Gasteiger partial charge on any atom is -0.350 e. The van der Waals surface area contributed by atoms with Crippen molar-refractivity contribution in [2.75, 3.05) is 0 Å². The number of rotatable bonds is 5. The first-order valence-corrected chi connectivity index (χ1v) is 9.41. The molecule has 0 saturated carbocycles. The lowest BCUT2D eigenvalue weighted by atomic mass is 9.76. The summed E-state index contributed by atoms with van der Waals surface area (Å²) in [4.78, 5) is 12.5. The van der Waals surface area contributed by atoms with E-state index in [9.17, 15) is 18.0 Å². The largest absolute Gasteiger partial charge is 0.412 e. The van der Waals surface area contributed by atoms with Crippen LogP contribution in [0.4, 0.5) is 13.2 Å². The number of fused-ring (bicyclic) bond motifs is 1. The van der Waals surface area contributed by atoms with Crippen LogP contribution >= 0.6 is 0 Å². The maximum atomic E-state index is 13.0. The lowest BCUT2D eigenvalue weighted by Crippen LogP contribution is -2.29. The molecule has 0 bridgehead atoms. The highest BCUT2D eigenvalue weighted by atomic mass is 19.4. The van der Waals surface area contributed by atoms with Crippen molar-refractivity contribution in [2.45, 2.75) is 45.3 Å². The second-order valence-corrected chi connectivity index (χ2v) is 7.74. The van der Waals surface area contributed by atoms with Gasteiger partial charge in [0.1, 0.15) is 0 Å². The third kappa shape index (κ3) is 4.64. The fourth-order valence-electron chi connectivity index (χ4n) is 3.73. The molecule has 148 valence electrons. The van der Waals surface area contributed by atoms with Gasteiger partial charge in [-0.3, -0.25) is 4.79 Å². The van der Waals surface area contributed by atoms with E-state index in [2.05, 4.69) is 5.32 Å². The van der Waals surface area contributed by atoms with Crippen molar-refractivity contribution in [1.29, 1.82) is 0 Å². The number of halogens is 3. The Morgan fingerprint density at radius 3 is 2.64 bits per heavy atom. The fraction of sp³-hybridized carbons (Fsp3) is 0.348. The minimum atomic E-state index is -4.32. The molecule has 28 heavy (non-hydrogen) atoms. The second-order valence-electron chi connectivity index (χ2n) is 7.74. The van der Waals surface area contributed by atoms with Gasteiger partial charge in [-0.25, -0.2) is 0 Å². The van der Waals surface area contributed by atoms with Gasteiger partial charge in [-0.05, 0) is 41.5 Å². The SMILES string of the molecule is C[C@@H](NC(=O)CCC1(C)C=CC=C(C(F)(F)F)C1)c1cccc2ccccc12. The van der Waals surface area contributed by atoms with Crippen molar-refractivity contribution < 1.29 is 18.0 Å². The summed E-state index contributed by atoms with van der Waals surface area (Å²) in [6.45, 7) is 3.69. The Morgan fingerprint density at radius 2 is 1.89 bits per heavy atom. The van der Waals surface area contributed by atoms with Crippen LogP contribution < -0.4 is 5.32 Å². The van der Waals surface area contributed by atoms with Gasteiger partial charge in [0, 0.05) is 12.0 Å². The first kappa shape index (κ1) is 20.2. The lowest BCUT2D eigenvalue weighted by Gasteiger charge is -2.30. The van der Waals surface area contributed by atoms with Crippen LogP contribution in [0.15, 0.2) is 66.3 Å². The standard InChI is InChI=1S/C23H24F3NO/c1-16(19-11-5-8-17-7-3-4-10-20(17)19)27-21(28)12-14-22(2)13-6-9-18(15-22)23(24,25)26/h3-11,13,16H,12,14-15H2,1-2H3,(H,27,28)/t16-,22?/m1/s1. The maximum absolute atomic E-state index is 13.0. The summed E-state index contributed by atoms with van der Waals surface area (Å²) in [6.07, 6.45) is 0.458. The van der Waals surface area contributed by atoms with Crippen LogP contribution in [-0.4, -0.2) is 12.1 Å². The molecule has 1 amide bonds. The summed E-state index contributed by atoms with van der Waals surface area (Å²) in [7, 11) is 0. The Morgan fingerprint density at radius 1 is 1.18 bits per heavy atom. The van der Waals surface area contributed by atoms with E-state index in [1.165, 1.54) is 6.08 Å². The van der Waals surface area contributed by atoms with Crippen LogP contribution in [0.25, 0.3) is 10.8 Å². The smallest absolute Gasteiger partial charge is 0.350 e. The molecule has 0 aromatic heterocycles. The van der Waals surface area contributed by atoms with Crippen LogP contribution in [0.5, 0.6) is 0 Å². The highest BCUT2D eigenvalue weighted by molar-refractivity contribution is 5.86. The summed E-state index contributed by atoms with van der Waals surface area (Å²) in [5, 5.41) is 5.17. The first-order valence-electron chi connectivity index (χ1n) is 9.41. The molecular weight excluding hydrogens is 363 g/mol. The average molecular weight is 387 g/mol. The molecule has 1 N–H and O–H groups in total. The molecule has 0 saturated heterocycles. The van der Waals surface area contributed by atoms with Gasteiger partial charge >= 0.3 is 6.18 Å². The van der Waals surface area contributed by atoms with Crippen molar-refractivity contribution >= 4 is 16.7 Å². The number of hydrogen-bond acceptors (Lipinski definition) is 1. The quantitative estimate of drug-likeness (QED) is 0.645. The van der Waals surface area contributed by atoms with E-state index in [-0.39, 0.29) is 24.8 Å². The van der Waals surface area contributed by atoms with Gasteiger partial charge in [-0.2, -0.15) is 13.2 Å². The zero-order valence-electron chi connectivity index (χ0n) is 16.0. The molecule has 0 spiro atoms. The van der Waals surface area contributed by atoms with Gasteiger partial charge in [-0.15, -0.1) is 0 Å². The number of alkyl halides is 3. The molecule has 2 aromatic rings. The van der Waals surface area contributed by atoms with E-state index in [0.29, 0.717) is 6.42 Å². The number of carbonyl (C=O) groups excluding carboxylic acids is 1. The van der Waals surface area contributed by atoms with Crippen molar-refractivity contribution in [2.24, 2.45) is 5.41 Å². The molecule has 5 heteroatoms. The Hall–Kier alpha value is -2.56. The summed E-state index contributed by atoms with van der Waals surface area (Å²) >= 11 is 0. The zero-order valence-corrected chi connectivity index (χ0v) is 16.0. The van der Waals surface area contributed by atoms with E-state index < -0.39 is 17.2 Å². The summed E-state index contributed by atoms with van der Waals surface area (Å²) in [5.74, 6) is -0.154. The molecule has 0 radical (unpaired) electrons. The molecule has 2 aromatic carbocycles. The molecule has 3 rings (SSSR count). The Labute approximate surface area is 163 Å². The Kier molecular flexibility index (Phi) is 5.64. The summed E-state index contributed by atoms with van der Waals surface area (Å²) in [6, 6.07) is 13.8. The van der Waals surface area contributed by atoms with Crippen LogP contribution in [0, 0.1) is 5.41 Å². The van der Waals surface area contributed by atoms with Crippen molar-refractivity contribution in [3.05, 3.63) is 71.8 Å². The van der Waals surface area contributed by atoms with Crippen LogP contribution in [-0.2, 0) is 4.79 Å². The number of carbonyl (C=O) groups is 1. The first-order chi connectivity index (χ1) is 13.2. The van der Waals surface area contributed by atoms with E-state index in [1.807, 2.05) is 49.4 Å². The Balaban J connectivity index is 1.61. The maximum Gasteiger partial charge on any atom is 0.412 e. The van der Waals surface area contributed by atoms with E-state index in [0.717, 1.165) is 22.4 Å². The molecule has 2 atom stereocenters. The third-order valence-electron chi connectivity index (χ3n) is 5.34. The molecule has 1 unspecified atom stereocenters. The summed E-state index contributed by atoms with van der Waals surface area (Å²) in [5.41, 5.74) is -0.181. The summed E-state index contributed by atoms with van der Waals surface area (Å²) < 4.78 is 39.0. The van der Waals surface area contributed by atoms with Crippen LogP contribution in [0.2, 0.25) is 0 Å². The van der Waals surface area contributed by atoms with Gasteiger partial charge in [0.05, 0.1) is 6.04 Å². The lowest BCUT2D eigenvalue weighted by molar-refractivity contribution is -0.122.